The van der Waals surface area contributed by atoms with Crippen LogP contribution in [0.15, 0.2) is 84.2 Å². The fourth-order valence-corrected chi connectivity index (χ4v) is 4.63. The zero-order chi connectivity index (χ0) is 25.5. The van der Waals surface area contributed by atoms with E-state index in [9.17, 15) is 9.59 Å². The molecule has 0 saturated heterocycles. The molecule has 4 rings (SSSR count). The van der Waals surface area contributed by atoms with Crippen LogP contribution in [0.5, 0.6) is 0 Å². The quantitative estimate of drug-likeness (QED) is 0.272. The lowest BCUT2D eigenvalue weighted by atomic mass is 10.1. The lowest BCUT2D eigenvalue weighted by Gasteiger charge is -2.22. The molecule has 0 saturated carbocycles. The summed E-state index contributed by atoms with van der Waals surface area (Å²) in [5, 5.41) is 15.1. The lowest BCUT2D eigenvalue weighted by molar-refractivity contribution is -0.138. The van der Waals surface area contributed by atoms with Gasteiger partial charge in [0.25, 0.3) is 5.91 Å². The van der Waals surface area contributed by atoms with Crippen molar-refractivity contribution in [3.8, 4) is 11.3 Å². The van der Waals surface area contributed by atoms with Gasteiger partial charge >= 0.3 is 5.97 Å². The maximum atomic E-state index is 12.3. The number of carbonyl (C=O) groups excluding carboxylic acids is 1. The first-order chi connectivity index (χ1) is 17.4. The second-order valence-electron chi connectivity index (χ2n) is 8.41. The molecule has 4 aromatic rings. The zero-order valence-corrected chi connectivity index (χ0v) is 21.3. The first-order valence-corrected chi connectivity index (χ1v) is 12.8. The predicted molar refractivity (Wildman–Crippen MR) is 145 cm³/mol. The van der Waals surface area contributed by atoms with Crippen LogP contribution in [-0.4, -0.2) is 34.6 Å². The number of amides is 1. The molecule has 36 heavy (non-hydrogen) atoms. The summed E-state index contributed by atoms with van der Waals surface area (Å²) in [7, 11) is 0. The van der Waals surface area contributed by atoms with Crippen molar-refractivity contribution >= 4 is 39.9 Å². The van der Waals surface area contributed by atoms with Gasteiger partial charge in [0.1, 0.15) is 6.04 Å². The highest BCUT2D eigenvalue weighted by atomic mass is 35.5. The second-order valence-corrected chi connectivity index (χ2v) is 9.68. The molecule has 1 aromatic heterocycles. The SMILES string of the molecule is CC(NC(=O)c1ccc(CN(CCc2ccccc2)c2nc(-c3ccc(Cl)cc3)cs2)cc1)C(=O)O. The number of aromatic nitrogens is 1. The summed E-state index contributed by atoms with van der Waals surface area (Å²) in [6, 6.07) is 24.2. The Hall–Kier alpha value is -3.68. The van der Waals surface area contributed by atoms with Gasteiger partial charge in [-0.3, -0.25) is 9.59 Å². The number of rotatable bonds is 10. The molecule has 1 amide bonds. The molecule has 0 radical (unpaired) electrons. The van der Waals surface area contributed by atoms with E-state index in [1.54, 1.807) is 23.5 Å². The van der Waals surface area contributed by atoms with Crippen molar-refractivity contribution in [2.75, 3.05) is 11.4 Å². The number of aliphatic carboxylic acids is 1. The van der Waals surface area contributed by atoms with Gasteiger partial charge in [-0.15, -0.1) is 11.3 Å². The van der Waals surface area contributed by atoms with Gasteiger partial charge in [-0.1, -0.05) is 66.2 Å². The van der Waals surface area contributed by atoms with Gasteiger partial charge in [-0.25, -0.2) is 4.98 Å². The fourth-order valence-electron chi connectivity index (χ4n) is 3.64. The number of halogens is 1. The van der Waals surface area contributed by atoms with Crippen molar-refractivity contribution in [2.24, 2.45) is 0 Å². The molecule has 1 heterocycles. The van der Waals surface area contributed by atoms with E-state index in [0.717, 1.165) is 34.9 Å². The van der Waals surface area contributed by atoms with Crippen molar-refractivity contribution in [3.05, 3.63) is 106 Å². The van der Waals surface area contributed by atoms with Crippen molar-refractivity contribution in [3.63, 3.8) is 0 Å². The van der Waals surface area contributed by atoms with Gasteiger partial charge in [-0.2, -0.15) is 0 Å². The summed E-state index contributed by atoms with van der Waals surface area (Å²) in [6.07, 6.45) is 0.865. The number of hydrogen-bond donors (Lipinski definition) is 2. The summed E-state index contributed by atoms with van der Waals surface area (Å²) in [5.41, 5.74) is 4.60. The number of carboxylic acid groups (broad SMARTS) is 1. The van der Waals surface area contributed by atoms with Gasteiger partial charge < -0.3 is 15.3 Å². The van der Waals surface area contributed by atoms with Crippen LogP contribution >= 0.6 is 22.9 Å². The lowest BCUT2D eigenvalue weighted by Crippen LogP contribution is -2.38. The monoisotopic (exact) mass is 519 g/mol. The third kappa shape index (κ3) is 6.71. The molecule has 1 unspecified atom stereocenters. The number of anilines is 1. The van der Waals surface area contributed by atoms with E-state index in [0.29, 0.717) is 17.1 Å². The Labute approximate surface area is 219 Å². The molecule has 2 N–H and O–H groups in total. The average molecular weight is 520 g/mol. The van der Waals surface area contributed by atoms with Crippen molar-refractivity contribution in [1.29, 1.82) is 0 Å². The van der Waals surface area contributed by atoms with Crippen LogP contribution in [0.4, 0.5) is 5.13 Å². The van der Waals surface area contributed by atoms with Crippen LogP contribution in [0.25, 0.3) is 11.3 Å². The molecule has 8 heteroatoms. The molecule has 0 aliphatic heterocycles. The minimum absolute atomic E-state index is 0.412. The highest BCUT2D eigenvalue weighted by Gasteiger charge is 2.16. The first kappa shape index (κ1) is 25.4. The van der Waals surface area contributed by atoms with E-state index in [1.165, 1.54) is 12.5 Å². The maximum absolute atomic E-state index is 12.3. The summed E-state index contributed by atoms with van der Waals surface area (Å²) in [4.78, 5) is 30.5. The molecule has 184 valence electrons. The number of nitrogens with one attached hydrogen (secondary N) is 1. The van der Waals surface area contributed by atoms with Gasteiger partial charge in [-0.05, 0) is 48.7 Å². The Balaban J connectivity index is 1.51. The Kier molecular flexibility index (Phi) is 8.36. The highest BCUT2D eigenvalue weighted by molar-refractivity contribution is 7.14. The minimum Gasteiger partial charge on any atom is -0.480 e. The number of benzene rings is 3. The molecule has 0 aliphatic carbocycles. The number of carbonyl (C=O) groups is 2. The van der Waals surface area contributed by atoms with Crippen LogP contribution in [-0.2, 0) is 17.8 Å². The van der Waals surface area contributed by atoms with E-state index in [1.807, 2.05) is 60.0 Å². The van der Waals surface area contributed by atoms with Gasteiger partial charge in [0.2, 0.25) is 0 Å². The van der Waals surface area contributed by atoms with E-state index >= 15 is 0 Å². The molecule has 1 atom stereocenters. The predicted octanol–water partition coefficient (Wildman–Crippen LogP) is 5.92. The summed E-state index contributed by atoms with van der Waals surface area (Å²) >= 11 is 7.63. The number of thiazole rings is 1. The summed E-state index contributed by atoms with van der Waals surface area (Å²) in [5.74, 6) is -1.49. The Morgan fingerprint density at radius 1 is 1.00 bits per heavy atom. The average Bonchev–Trinajstić information content (AvgIpc) is 3.38. The largest absolute Gasteiger partial charge is 0.480 e. The molecule has 0 fully saturated rings. The number of nitrogens with zero attached hydrogens (tertiary/aromatic N) is 2. The van der Waals surface area contributed by atoms with Crippen LogP contribution in [0.1, 0.15) is 28.4 Å². The molecule has 0 aliphatic rings. The van der Waals surface area contributed by atoms with Gasteiger partial charge in [0.05, 0.1) is 5.69 Å². The van der Waals surface area contributed by atoms with Crippen molar-refractivity contribution in [1.82, 2.24) is 10.3 Å². The second kappa shape index (κ2) is 11.8. The van der Waals surface area contributed by atoms with Crippen LogP contribution in [0, 0.1) is 0 Å². The van der Waals surface area contributed by atoms with Crippen LogP contribution < -0.4 is 10.2 Å². The Morgan fingerprint density at radius 3 is 2.36 bits per heavy atom. The standard InChI is InChI=1S/C28H26ClN3O3S/c1-19(27(34)35)30-26(33)23-9-7-21(8-10-23)17-32(16-15-20-5-3-2-4-6-20)28-31-25(18-36-28)22-11-13-24(29)14-12-22/h2-14,18-19H,15-17H2,1H3,(H,30,33)(H,34,35). The van der Waals surface area contributed by atoms with Crippen LogP contribution in [0.3, 0.4) is 0 Å². The molecule has 6 nitrogen and oxygen atoms in total. The molecule has 0 spiro atoms. The number of hydrogen-bond acceptors (Lipinski definition) is 5. The normalized spacial score (nSPS) is 11.6. The van der Waals surface area contributed by atoms with Gasteiger partial charge in [0, 0.05) is 34.6 Å². The summed E-state index contributed by atoms with van der Waals surface area (Å²) in [6.45, 7) is 2.83. The smallest absolute Gasteiger partial charge is 0.325 e. The summed E-state index contributed by atoms with van der Waals surface area (Å²) < 4.78 is 0. The Morgan fingerprint density at radius 2 is 1.69 bits per heavy atom. The topological polar surface area (TPSA) is 82.5 Å². The Bertz CT molecular complexity index is 1310. The van der Waals surface area contributed by atoms with Gasteiger partial charge in [0.15, 0.2) is 5.13 Å². The molecule has 3 aromatic carbocycles. The fraction of sp³-hybridized carbons (Fsp3) is 0.179. The van der Waals surface area contributed by atoms with E-state index in [-0.39, 0.29) is 0 Å². The number of carboxylic acids is 1. The molecular formula is C28H26ClN3O3S. The van der Waals surface area contributed by atoms with Crippen molar-refractivity contribution in [2.45, 2.75) is 25.9 Å². The van der Waals surface area contributed by atoms with E-state index in [2.05, 4.69) is 22.3 Å². The van der Waals surface area contributed by atoms with E-state index < -0.39 is 17.9 Å². The molecular weight excluding hydrogens is 494 g/mol. The molecule has 0 bridgehead atoms. The zero-order valence-electron chi connectivity index (χ0n) is 19.7. The minimum atomic E-state index is -1.07. The third-order valence-electron chi connectivity index (χ3n) is 5.72. The highest BCUT2D eigenvalue weighted by Crippen LogP contribution is 2.29. The van der Waals surface area contributed by atoms with Crippen LogP contribution in [0.2, 0.25) is 5.02 Å². The van der Waals surface area contributed by atoms with Crippen molar-refractivity contribution < 1.29 is 14.7 Å². The van der Waals surface area contributed by atoms with E-state index in [4.69, 9.17) is 21.7 Å². The maximum Gasteiger partial charge on any atom is 0.325 e. The first-order valence-electron chi connectivity index (χ1n) is 11.5. The third-order valence-corrected chi connectivity index (χ3v) is 6.88.